The van der Waals surface area contributed by atoms with Gasteiger partial charge < -0.3 is 4.90 Å². The molecule has 4 rings (SSSR count). The van der Waals surface area contributed by atoms with Crippen molar-refractivity contribution in [2.75, 3.05) is 37.7 Å². The van der Waals surface area contributed by atoms with Crippen molar-refractivity contribution in [3.05, 3.63) is 35.4 Å². The molecule has 0 N–H and O–H groups in total. The Balaban J connectivity index is 1.25. The molecule has 2 heterocycles. The number of carbonyl (C=O) groups is 1. The second kappa shape index (κ2) is 7.49. The summed E-state index contributed by atoms with van der Waals surface area (Å²) < 4.78 is 0. The van der Waals surface area contributed by atoms with Crippen molar-refractivity contribution in [3.8, 4) is 0 Å². The van der Waals surface area contributed by atoms with Crippen LogP contribution in [0.1, 0.15) is 30.4 Å². The van der Waals surface area contributed by atoms with E-state index in [1.54, 1.807) is 0 Å². The predicted molar refractivity (Wildman–Crippen MR) is 100 cm³/mol. The van der Waals surface area contributed by atoms with E-state index in [2.05, 4.69) is 45.8 Å². The van der Waals surface area contributed by atoms with Crippen LogP contribution in [0.15, 0.2) is 24.3 Å². The summed E-state index contributed by atoms with van der Waals surface area (Å²) in [5.74, 6) is 3.47. The van der Waals surface area contributed by atoms with Gasteiger partial charge in [0.05, 0.1) is 0 Å². The summed E-state index contributed by atoms with van der Waals surface area (Å²) in [5, 5.41) is 0. The van der Waals surface area contributed by atoms with E-state index >= 15 is 0 Å². The molecule has 2 aliphatic heterocycles. The Bertz CT molecular complexity index is 552. The molecule has 0 aromatic heterocycles. The van der Waals surface area contributed by atoms with Crippen LogP contribution in [0.4, 0.5) is 0 Å². The molecule has 1 aliphatic carbocycles. The Morgan fingerprint density at radius 1 is 1.00 bits per heavy atom. The van der Waals surface area contributed by atoms with Crippen LogP contribution >= 0.6 is 11.8 Å². The summed E-state index contributed by atoms with van der Waals surface area (Å²) >= 11 is 2.07. The van der Waals surface area contributed by atoms with Crippen LogP contribution < -0.4 is 0 Å². The maximum absolute atomic E-state index is 12.7. The fraction of sp³-hybridized carbons (Fsp3) is 0.650. The number of fused-ring (bicyclic) bond motifs is 1. The second-order valence-corrected chi connectivity index (χ2v) is 8.73. The van der Waals surface area contributed by atoms with E-state index in [4.69, 9.17) is 0 Å². The van der Waals surface area contributed by atoms with Crippen molar-refractivity contribution in [2.45, 2.75) is 38.1 Å². The number of rotatable bonds is 3. The zero-order valence-corrected chi connectivity index (χ0v) is 15.3. The molecule has 1 aromatic rings. The maximum atomic E-state index is 12.7. The summed E-state index contributed by atoms with van der Waals surface area (Å²) in [6.07, 6.45) is 5.25. The number of amides is 1. The van der Waals surface area contributed by atoms with E-state index in [1.165, 1.54) is 48.6 Å². The highest BCUT2D eigenvalue weighted by atomic mass is 32.2. The number of piperidine rings is 1. The number of nitrogens with zero attached hydrogens (tertiary/aromatic N) is 2. The van der Waals surface area contributed by atoms with Crippen molar-refractivity contribution in [1.29, 1.82) is 0 Å². The van der Waals surface area contributed by atoms with Crippen LogP contribution in [0.2, 0.25) is 0 Å². The fourth-order valence-corrected chi connectivity index (χ4v) is 5.52. The zero-order chi connectivity index (χ0) is 16.4. The molecule has 0 spiro atoms. The Labute approximate surface area is 149 Å². The molecule has 0 atom stereocenters. The molecule has 24 heavy (non-hydrogen) atoms. The lowest BCUT2D eigenvalue weighted by atomic mass is 9.98. The first-order valence-electron chi connectivity index (χ1n) is 9.46. The van der Waals surface area contributed by atoms with Crippen molar-refractivity contribution in [2.24, 2.45) is 5.92 Å². The molecule has 0 radical (unpaired) electrons. The van der Waals surface area contributed by atoms with Gasteiger partial charge in [-0.25, -0.2) is 0 Å². The summed E-state index contributed by atoms with van der Waals surface area (Å²) in [7, 11) is 0. The molecule has 3 aliphatic rings. The molecule has 0 unspecified atom stereocenters. The minimum absolute atomic E-state index is 0.389. The van der Waals surface area contributed by atoms with Crippen LogP contribution in [0.5, 0.6) is 0 Å². The van der Waals surface area contributed by atoms with Crippen molar-refractivity contribution in [1.82, 2.24) is 9.80 Å². The minimum Gasteiger partial charge on any atom is -0.343 e. The standard InChI is InChI=1S/C20H28N2OS/c23-20(15-16-13-17-3-1-2-4-18(17)14-16)22-7-5-19(6-8-22)21-9-11-24-12-10-21/h1-4,16,19H,5-15H2. The van der Waals surface area contributed by atoms with E-state index in [0.29, 0.717) is 17.9 Å². The fourth-order valence-electron chi connectivity index (χ4n) is 4.59. The highest BCUT2D eigenvalue weighted by molar-refractivity contribution is 7.99. The molecule has 1 amide bonds. The van der Waals surface area contributed by atoms with Crippen molar-refractivity contribution < 1.29 is 4.79 Å². The van der Waals surface area contributed by atoms with Crippen LogP contribution in [-0.2, 0) is 17.6 Å². The first-order chi connectivity index (χ1) is 11.8. The topological polar surface area (TPSA) is 23.6 Å². The summed E-state index contributed by atoms with van der Waals surface area (Å²) in [5.41, 5.74) is 2.91. The number of likely N-dealkylation sites (tertiary alicyclic amines) is 1. The van der Waals surface area contributed by atoms with Gasteiger partial charge in [-0.3, -0.25) is 9.69 Å². The van der Waals surface area contributed by atoms with Crippen molar-refractivity contribution in [3.63, 3.8) is 0 Å². The molecule has 1 aromatic carbocycles. The van der Waals surface area contributed by atoms with Gasteiger partial charge in [0.2, 0.25) is 5.91 Å². The van der Waals surface area contributed by atoms with Gasteiger partial charge >= 0.3 is 0 Å². The first-order valence-corrected chi connectivity index (χ1v) is 10.6. The highest BCUT2D eigenvalue weighted by Crippen LogP contribution is 2.29. The van der Waals surface area contributed by atoms with Crippen LogP contribution in [0, 0.1) is 5.92 Å². The zero-order valence-electron chi connectivity index (χ0n) is 14.5. The molecular weight excluding hydrogens is 316 g/mol. The van der Waals surface area contributed by atoms with Crippen LogP contribution in [-0.4, -0.2) is 59.4 Å². The Morgan fingerprint density at radius 3 is 2.25 bits per heavy atom. The smallest absolute Gasteiger partial charge is 0.222 e. The van der Waals surface area contributed by atoms with Gasteiger partial charge in [0.25, 0.3) is 0 Å². The number of hydrogen-bond donors (Lipinski definition) is 0. The average molecular weight is 345 g/mol. The first kappa shape index (κ1) is 16.5. The summed E-state index contributed by atoms with van der Waals surface area (Å²) in [6, 6.07) is 9.40. The highest BCUT2D eigenvalue weighted by Gasteiger charge is 2.30. The molecule has 2 saturated heterocycles. The molecule has 3 nitrogen and oxygen atoms in total. The quantitative estimate of drug-likeness (QED) is 0.842. The summed E-state index contributed by atoms with van der Waals surface area (Å²) in [4.78, 5) is 17.5. The molecule has 4 heteroatoms. The number of hydrogen-bond acceptors (Lipinski definition) is 3. The monoisotopic (exact) mass is 344 g/mol. The average Bonchev–Trinajstić information content (AvgIpc) is 3.05. The Kier molecular flexibility index (Phi) is 5.14. The number of thioether (sulfide) groups is 1. The SMILES string of the molecule is O=C(CC1Cc2ccccc2C1)N1CCC(N2CCSCC2)CC1. The summed E-state index contributed by atoms with van der Waals surface area (Å²) in [6.45, 7) is 4.41. The lowest BCUT2D eigenvalue weighted by Gasteiger charge is -2.40. The maximum Gasteiger partial charge on any atom is 0.222 e. The third-order valence-electron chi connectivity index (χ3n) is 5.98. The number of benzene rings is 1. The normalized spacial score (nSPS) is 23.4. The van der Waals surface area contributed by atoms with Gasteiger partial charge in [-0.2, -0.15) is 11.8 Å². The Morgan fingerprint density at radius 2 is 1.62 bits per heavy atom. The second-order valence-electron chi connectivity index (χ2n) is 7.51. The number of carbonyl (C=O) groups excluding carboxylic acids is 1. The predicted octanol–water partition coefficient (Wildman–Crippen LogP) is 2.83. The van der Waals surface area contributed by atoms with Gasteiger partial charge in [0.1, 0.15) is 0 Å². The molecule has 130 valence electrons. The van der Waals surface area contributed by atoms with Crippen LogP contribution in [0.25, 0.3) is 0 Å². The van der Waals surface area contributed by atoms with E-state index in [0.717, 1.165) is 32.4 Å². The van der Waals surface area contributed by atoms with E-state index < -0.39 is 0 Å². The third-order valence-corrected chi connectivity index (χ3v) is 6.92. The van der Waals surface area contributed by atoms with E-state index in [9.17, 15) is 4.79 Å². The van der Waals surface area contributed by atoms with Gasteiger partial charge in [0, 0.05) is 50.1 Å². The van der Waals surface area contributed by atoms with E-state index in [1.807, 2.05) is 0 Å². The molecule has 0 saturated carbocycles. The lowest BCUT2D eigenvalue weighted by Crippen LogP contribution is -2.49. The van der Waals surface area contributed by atoms with Gasteiger partial charge in [-0.1, -0.05) is 24.3 Å². The third kappa shape index (κ3) is 3.65. The van der Waals surface area contributed by atoms with Gasteiger partial charge in [-0.15, -0.1) is 0 Å². The van der Waals surface area contributed by atoms with Crippen molar-refractivity contribution >= 4 is 17.7 Å². The van der Waals surface area contributed by atoms with E-state index in [-0.39, 0.29) is 0 Å². The van der Waals surface area contributed by atoms with Gasteiger partial charge in [-0.05, 0) is 42.7 Å². The Hall–Kier alpha value is -1.00. The molecule has 0 bridgehead atoms. The van der Waals surface area contributed by atoms with Crippen LogP contribution in [0.3, 0.4) is 0 Å². The molecule has 2 fully saturated rings. The molecular formula is C20H28N2OS. The minimum atomic E-state index is 0.389. The van der Waals surface area contributed by atoms with Gasteiger partial charge in [0.15, 0.2) is 0 Å². The largest absolute Gasteiger partial charge is 0.343 e. The lowest BCUT2D eigenvalue weighted by molar-refractivity contribution is -0.133.